The molecule has 1 fully saturated rings. The molecule has 186 valence electrons. The molecular formula is C25H36N4O5. The van der Waals surface area contributed by atoms with Gasteiger partial charge in [0.1, 0.15) is 11.6 Å². The molecule has 0 saturated carbocycles. The molecule has 3 rings (SSSR count). The van der Waals surface area contributed by atoms with Crippen molar-refractivity contribution in [3.05, 3.63) is 29.3 Å². The first-order chi connectivity index (χ1) is 16.0. The fourth-order valence-corrected chi connectivity index (χ4v) is 4.41. The number of rotatable bonds is 8. The molecule has 1 aromatic rings. The van der Waals surface area contributed by atoms with E-state index in [-0.39, 0.29) is 24.3 Å². The molecule has 34 heavy (non-hydrogen) atoms. The summed E-state index contributed by atoms with van der Waals surface area (Å²) < 4.78 is 5.26. The van der Waals surface area contributed by atoms with Crippen LogP contribution in [0.4, 0.5) is 10.5 Å². The third-order valence-electron chi connectivity index (χ3n) is 5.98. The highest BCUT2D eigenvalue weighted by Crippen LogP contribution is 2.35. The number of hydrogen-bond acceptors (Lipinski definition) is 6. The minimum Gasteiger partial charge on any atom is -0.444 e. The van der Waals surface area contributed by atoms with Gasteiger partial charge in [-0.25, -0.2) is 4.79 Å². The van der Waals surface area contributed by atoms with Crippen LogP contribution in [0.1, 0.15) is 76.2 Å². The van der Waals surface area contributed by atoms with Gasteiger partial charge in [0.15, 0.2) is 0 Å². The van der Waals surface area contributed by atoms with Gasteiger partial charge >= 0.3 is 6.09 Å². The molecule has 0 radical (unpaired) electrons. The second kappa shape index (κ2) is 10.4. The van der Waals surface area contributed by atoms with Gasteiger partial charge in [-0.15, -0.1) is 0 Å². The maximum absolute atomic E-state index is 13.1. The second-order valence-electron chi connectivity index (χ2n) is 10.1. The number of hydrogen-bond donors (Lipinski definition) is 2. The molecule has 9 nitrogen and oxygen atoms in total. The van der Waals surface area contributed by atoms with Gasteiger partial charge in [-0.05, 0) is 66.0 Å². The number of piperidine rings is 1. The zero-order chi connectivity index (χ0) is 25.0. The Kier molecular flexibility index (Phi) is 7.84. The number of unbranched alkanes of at least 4 members (excludes halogenated alkanes) is 1. The van der Waals surface area contributed by atoms with Crippen molar-refractivity contribution < 1.29 is 23.9 Å². The summed E-state index contributed by atoms with van der Waals surface area (Å²) in [5, 5.41) is 5.13. The number of ether oxygens (including phenoxy) is 1. The Morgan fingerprint density at radius 1 is 1.24 bits per heavy atom. The van der Waals surface area contributed by atoms with Crippen LogP contribution in [0.2, 0.25) is 0 Å². The van der Waals surface area contributed by atoms with Crippen LogP contribution < -0.4 is 15.5 Å². The Hall–Kier alpha value is -3.10. The van der Waals surface area contributed by atoms with Gasteiger partial charge in [0.2, 0.25) is 11.8 Å². The topological polar surface area (TPSA) is 108 Å². The Morgan fingerprint density at radius 2 is 1.97 bits per heavy atom. The lowest BCUT2D eigenvalue weighted by molar-refractivity contribution is -0.136. The molecule has 2 aliphatic heterocycles. The minimum absolute atomic E-state index is 0.170. The minimum atomic E-state index is -0.628. The highest BCUT2D eigenvalue weighted by molar-refractivity contribution is 6.06. The molecule has 0 aliphatic carbocycles. The summed E-state index contributed by atoms with van der Waals surface area (Å²) >= 11 is 0. The summed E-state index contributed by atoms with van der Waals surface area (Å²) in [4.78, 5) is 52.7. The number of nitrogens with zero attached hydrogens (tertiary/aromatic N) is 2. The predicted molar refractivity (Wildman–Crippen MR) is 128 cm³/mol. The lowest BCUT2D eigenvalue weighted by Crippen LogP contribution is -2.52. The summed E-state index contributed by atoms with van der Waals surface area (Å²) in [5.74, 6) is -0.869. The average Bonchev–Trinajstić information content (AvgIpc) is 3.06. The van der Waals surface area contributed by atoms with Gasteiger partial charge in [-0.3, -0.25) is 19.7 Å². The van der Waals surface area contributed by atoms with Gasteiger partial charge in [0.25, 0.3) is 5.91 Å². The summed E-state index contributed by atoms with van der Waals surface area (Å²) in [7, 11) is 0. The molecule has 1 aromatic carbocycles. The fourth-order valence-electron chi connectivity index (χ4n) is 4.41. The SMILES string of the molecule is CC(C)N(CCCCNC(=O)OC(C)(C)C)c1cccc2c1CN(C1CCC(=O)NC1=O)C2=O. The zero-order valence-corrected chi connectivity index (χ0v) is 20.8. The molecule has 0 bridgehead atoms. The van der Waals surface area contributed by atoms with E-state index >= 15 is 0 Å². The molecule has 1 atom stereocenters. The van der Waals surface area contributed by atoms with Crippen LogP contribution in [0.25, 0.3) is 0 Å². The molecule has 1 saturated heterocycles. The lowest BCUT2D eigenvalue weighted by atomic mass is 10.0. The van der Waals surface area contributed by atoms with Gasteiger partial charge in [0, 0.05) is 48.9 Å². The molecule has 9 heteroatoms. The quantitative estimate of drug-likeness (QED) is 0.445. The fraction of sp³-hybridized carbons (Fsp3) is 0.600. The van der Waals surface area contributed by atoms with Crippen molar-refractivity contribution in [1.29, 1.82) is 0 Å². The van der Waals surface area contributed by atoms with E-state index < -0.39 is 23.6 Å². The van der Waals surface area contributed by atoms with Crippen molar-refractivity contribution in [3.8, 4) is 0 Å². The summed E-state index contributed by atoms with van der Waals surface area (Å²) in [6.45, 7) is 11.3. The number of carbonyl (C=O) groups excluding carboxylic acids is 4. The van der Waals surface area contributed by atoms with Crippen LogP contribution in [0.3, 0.4) is 0 Å². The van der Waals surface area contributed by atoms with E-state index in [9.17, 15) is 19.2 Å². The third-order valence-corrected chi connectivity index (χ3v) is 5.98. The molecule has 1 unspecified atom stereocenters. The predicted octanol–water partition coefficient (Wildman–Crippen LogP) is 2.97. The van der Waals surface area contributed by atoms with Crippen LogP contribution in [0, 0.1) is 0 Å². The van der Waals surface area contributed by atoms with Crippen molar-refractivity contribution in [2.24, 2.45) is 0 Å². The smallest absolute Gasteiger partial charge is 0.407 e. The lowest BCUT2D eigenvalue weighted by Gasteiger charge is -2.32. The molecular weight excluding hydrogens is 436 g/mol. The van der Waals surface area contributed by atoms with E-state index in [1.165, 1.54) is 0 Å². The number of imide groups is 1. The number of alkyl carbamates (subject to hydrolysis) is 1. The normalized spacial score (nSPS) is 18.1. The van der Waals surface area contributed by atoms with Gasteiger partial charge in [-0.1, -0.05) is 6.07 Å². The summed E-state index contributed by atoms with van der Waals surface area (Å²) in [6.07, 6.45) is 1.81. The maximum Gasteiger partial charge on any atom is 0.407 e. The summed E-state index contributed by atoms with van der Waals surface area (Å²) in [6, 6.07) is 5.26. The Bertz CT molecular complexity index is 953. The molecule has 2 N–H and O–H groups in total. The number of carbonyl (C=O) groups is 4. The number of amides is 4. The van der Waals surface area contributed by atoms with E-state index in [1.54, 1.807) is 11.0 Å². The Labute approximate surface area is 201 Å². The number of nitrogens with one attached hydrogen (secondary N) is 2. The van der Waals surface area contributed by atoms with E-state index in [0.717, 1.165) is 30.6 Å². The standard InChI is InChI=1S/C25H36N4O5/c1-16(2)28(14-7-6-13-26-24(33)34-25(3,4)5)19-10-8-9-17-18(19)15-29(23(17)32)20-11-12-21(30)27-22(20)31/h8-10,16,20H,6-7,11-15H2,1-5H3,(H,26,33)(H,27,30,31). The maximum atomic E-state index is 13.1. The highest BCUT2D eigenvalue weighted by Gasteiger charge is 2.40. The third kappa shape index (κ3) is 6.07. The molecule has 2 heterocycles. The first kappa shape index (κ1) is 25.5. The average molecular weight is 473 g/mol. The van der Waals surface area contributed by atoms with E-state index in [1.807, 2.05) is 32.9 Å². The number of fused-ring (bicyclic) bond motifs is 1. The van der Waals surface area contributed by atoms with E-state index in [0.29, 0.717) is 25.1 Å². The molecule has 0 aromatic heterocycles. The van der Waals surface area contributed by atoms with Crippen molar-refractivity contribution in [1.82, 2.24) is 15.5 Å². The van der Waals surface area contributed by atoms with Crippen LogP contribution in [-0.4, -0.2) is 59.5 Å². The van der Waals surface area contributed by atoms with Crippen molar-refractivity contribution in [2.75, 3.05) is 18.0 Å². The van der Waals surface area contributed by atoms with Gasteiger partial charge in [-0.2, -0.15) is 0 Å². The first-order valence-electron chi connectivity index (χ1n) is 12.0. The van der Waals surface area contributed by atoms with E-state index in [4.69, 9.17) is 4.74 Å². The second-order valence-corrected chi connectivity index (χ2v) is 10.1. The van der Waals surface area contributed by atoms with Gasteiger partial charge in [0.05, 0.1) is 0 Å². The van der Waals surface area contributed by atoms with Crippen molar-refractivity contribution in [3.63, 3.8) is 0 Å². The number of benzene rings is 1. The first-order valence-corrected chi connectivity index (χ1v) is 12.0. The van der Waals surface area contributed by atoms with E-state index in [2.05, 4.69) is 29.4 Å². The Morgan fingerprint density at radius 3 is 2.62 bits per heavy atom. The number of anilines is 1. The van der Waals surface area contributed by atoms with Crippen LogP contribution in [0.5, 0.6) is 0 Å². The summed E-state index contributed by atoms with van der Waals surface area (Å²) in [5.41, 5.74) is 1.98. The van der Waals surface area contributed by atoms with Crippen LogP contribution >= 0.6 is 0 Å². The Balaban J connectivity index is 1.64. The monoisotopic (exact) mass is 472 g/mol. The molecule has 0 spiro atoms. The zero-order valence-electron chi connectivity index (χ0n) is 20.8. The van der Waals surface area contributed by atoms with Crippen LogP contribution in [0.15, 0.2) is 18.2 Å². The highest BCUT2D eigenvalue weighted by atomic mass is 16.6. The molecule has 2 aliphatic rings. The van der Waals surface area contributed by atoms with Crippen molar-refractivity contribution >= 4 is 29.5 Å². The van der Waals surface area contributed by atoms with Gasteiger partial charge < -0.3 is 19.9 Å². The molecule has 4 amide bonds. The van der Waals surface area contributed by atoms with Crippen LogP contribution in [-0.2, 0) is 20.9 Å². The van der Waals surface area contributed by atoms with Crippen molar-refractivity contribution in [2.45, 2.75) is 84.5 Å². The largest absolute Gasteiger partial charge is 0.444 e.